The molecule has 106 valence electrons. The van der Waals surface area contributed by atoms with Gasteiger partial charge in [-0.2, -0.15) is 0 Å². The van der Waals surface area contributed by atoms with Crippen LogP contribution in [0, 0.1) is 5.92 Å². The number of para-hydroxylation sites is 2. The molecular formula is C16H25NO2. The Kier molecular flexibility index (Phi) is 4.35. The van der Waals surface area contributed by atoms with Crippen molar-refractivity contribution in [3.8, 4) is 5.75 Å². The minimum absolute atomic E-state index is 0.0544. The van der Waals surface area contributed by atoms with Crippen LogP contribution in [0.15, 0.2) is 24.3 Å². The van der Waals surface area contributed by atoms with Crippen molar-refractivity contribution in [2.75, 3.05) is 24.7 Å². The normalized spacial score (nSPS) is 22.3. The average Bonchev–Trinajstić information content (AvgIpc) is 2.39. The van der Waals surface area contributed by atoms with Gasteiger partial charge in [0.15, 0.2) is 0 Å². The maximum Gasteiger partial charge on any atom is 0.142 e. The third kappa shape index (κ3) is 3.03. The zero-order chi connectivity index (χ0) is 13.9. The molecular weight excluding hydrogens is 238 g/mol. The molecule has 3 nitrogen and oxygen atoms in total. The molecule has 19 heavy (non-hydrogen) atoms. The average molecular weight is 263 g/mol. The van der Waals surface area contributed by atoms with Crippen LogP contribution >= 0.6 is 0 Å². The van der Waals surface area contributed by atoms with Crippen molar-refractivity contribution in [1.29, 1.82) is 0 Å². The van der Waals surface area contributed by atoms with Gasteiger partial charge in [-0.05, 0) is 51.7 Å². The van der Waals surface area contributed by atoms with E-state index < -0.39 is 0 Å². The smallest absolute Gasteiger partial charge is 0.142 e. The lowest BCUT2D eigenvalue weighted by molar-refractivity contribution is 0.165. The first-order valence-corrected chi connectivity index (χ1v) is 7.19. The van der Waals surface area contributed by atoms with Gasteiger partial charge in [0.25, 0.3) is 0 Å². The first-order chi connectivity index (χ1) is 9.08. The second-order valence-corrected chi connectivity index (χ2v) is 5.91. The van der Waals surface area contributed by atoms with Crippen LogP contribution < -0.4 is 9.64 Å². The SMILES string of the molecule is CCOc1ccccc1N1CCC(CO)CC1(C)C. The van der Waals surface area contributed by atoms with Crippen LogP contribution in [0.4, 0.5) is 5.69 Å². The molecule has 1 unspecified atom stereocenters. The number of piperidine rings is 1. The second kappa shape index (κ2) is 5.83. The molecule has 1 aliphatic rings. The maximum absolute atomic E-state index is 9.38. The highest BCUT2D eigenvalue weighted by atomic mass is 16.5. The lowest BCUT2D eigenvalue weighted by Crippen LogP contribution is -2.51. The van der Waals surface area contributed by atoms with Crippen molar-refractivity contribution >= 4 is 5.69 Å². The molecule has 1 aliphatic heterocycles. The number of ether oxygens (including phenoxy) is 1. The minimum atomic E-state index is 0.0544. The topological polar surface area (TPSA) is 32.7 Å². The van der Waals surface area contributed by atoms with Gasteiger partial charge in [0, 0.05) is 18.7 Å². The Morgan fingerprint density at radius 1 is 1.37 bits per heavy atom. The van der Waals surface area contributed by atoms with Gasteiger partial charge in [-0.15, -0.1) is 0 Å². The maximum atomic E-state index is 9.38. The molecule has 1 fully saturated rings. The molecule has 1 saturated heterocycles. The van der Waals surface area contributed by atoms with Gasteiger partial charge in [0.2, 0.25) is 0 Å². The fraction of sp³-hybridized carbons (Fsp3) is 0.625. The summed E-state index contributed by atoms with van der Waals surface area (Å²) in [5.74, 6) is 1.38. The van der Waals surface area contributed by atoms with Gasteiger partial charge < -0.3 is 14.7 Å². The minimum Gasteiger partial charge on any atom is -0.492 e. The van der Waals surface area contributed by atoms with Crippen LogP contribution in [0.3, 0.4) is 0 Å². The van der Waals surface area contributed by atoms with Gasteiger partial charge in [-0.1, -0.05) is 12.1 Å². The quantitative estimate of drug-likeness (QED) is 0.906. The summed E-state index contributed by atoms with van der Waals surface area (Å²) in [6.07, 6.45) is 2.06. The summed E-state index contributed by atoms with van der Waals surface area (Å²) in [5, 5.41) is 9.38. The number of hydrogen-bond acceptors (Lipinski definition) is 3. The van der Waals surface area contributed by atoms with E-state index in [0.717, 1.165) is 25.1 Å². The van der Waals surface area contributed by atoms with Crippen LogP contribution in [0.1, 0.15) is 33.6 Å². The Morgan fingerprint density at radius 3 is 2.74 bits per heavy atom. The van der Waals surface area contributed by atoms with Gasteiger partial charge in [0.05, 0.1) is 12.3 Å². The summed E-state index contributed by atoms with van der Waals surface area (Å²) in [6.45, 7) is 8.46. The monoisotopic (exact) mass is 263 g/mol. The van der Waals surface area contributed by atoms with E-state index in [1.165, 1.54) is 5.69 Å². The van der Waals surface area contributed by atoms with E-state index in [-0.39, 0.29) is 5.54 Å². The van der Waals surface area contributed by atoms with Crippen molar-refractivity contribution < 1.29 is 9.84 Å². The highest BCUT2D eigenvalue weighted by molar-refractivity contribution is 5.60. The fourth-order valence-corrected chi connectivity index (χ4v) is 3.09. The van der Waals surface area contributed by atoms with Crippen LogP contribution in [-0.2, 0) is 0 Å². The molecule has 1 atom stereocenters. The standard InChI is InChI=1S/C16H25NO2/c1-4-19-15-8-6-5-7-14(15)17-10-9-13(12-18)11-16(17,2)3/h5-8,13,18H,4,9-12H2,1-3H3. The van der Waals surface area contributed by atoms with Crippen molar-refractivity contribution in [3.63, 3.8) is 0 Å². The number of aliphatic hydroxyl groups excluding tert-OH is 1. The summed E-state index contributed by atoms with van der Waals surface area (Å²) in [4.78, 5) is 2.42. The van der Waals surface area contributed by atoms with Gasteiger partial charge in [-0.3, -0.25) is 0 Å². The Labute approximate surface area is 116 Å². The highest BCUT2D eigenvalue weighted by Crippen LogP contribution is 2.39. The summed E-state index contributed by atoms with van der Waals surface area (Å²) in [7, 11) is 0. The second-order valence-electron chi connectivity index (χ2n) is 5.91. The van der Waals surface area contributed by atoms with Crippen LogP contribution in [-0.4, -0.2) is 30.4 Å². The number of benzene rings is 1. The predicted molar refractivity (Wildman–Crippen MR) is 78.8 cm³/mol. The Hall–Kier alpha value is -1.22. The van der Waals surface area contributed by atoms with E-state index in [2.05, 4.69) is 30.9 Å². The molecule has 0 aromatic heterocycles. The third-order valence-corrected chi connectivity index (χ3v) is 3.99. The third-order valence-electron chi connectivity index (χ3n) is 3.99. The summed E-state index contributed by atoms with van der Waals surface area (Å²) in [5.41, 5.74) is 1.23. The van der Waals surface area contributed by atoms with Crippen LogP contribution in [0.2, 0.25) is 0 Å². The molecule has 0 bridgehead atoms. The van der Waals surface area contributed by atoms with Crippen LogP contribution in [0.5, 0.6) is 5.75 Å². The van der Waals surface area contributed by atoms with Crippen molar-refractivity contribution in [3.05, 3.63) is 24.3 Å². The van der Waals surface area contributed by atoms with E-state index in [1.54, 1.807) is 0 Å². The Morgan fingerprint density at radius 2 is 2.11 bits per heavy atom. The number of aliphatic hydroxyl groups is 1. The molecule has 0 spiro atoms. The van der Waals surface area contributed by atoms with E-state index in [9.17, 15) is 5.11 Å². The predicted octanol–water partition coefficient (Wildman–Crippen LogP) is 3.07. The Bertz CT molecular complexity index is 417. The van der Waals surface area contributed by atoms with Crippen molar-refractivity contribution in [2.45, 2.75) is 39.2 Å². The highest BCUT2D eigenvalue weighted by Gasteiger charge is 2.35. The molecule has 0 saturated carbocycles. The first-order valence-electron chi connectivity index (χ1n) is 7.19. The van der Waals surface area contributed by atoms with Crippen LogP contribution in [0.25, 0.3) is 0 Å². The molecule has 1 N–H and O–H groups in total. The van der Waals surface area contributed by atoms with E-state index in [0.29, 0.717) is 19.1 Å². The molecule has 1 aromatic rings. The zero-order valence-electron chi connectivity index (χ0n) is 12.2. The lowest BCUT2D eigenvalue weighted by atomic mass is 9.82. The molecule has 0 amide bonds. The van der Waals surface area contributed by atoms with Crippen molar-refractivity contribution in [1.82, 2.24) is 0 Å². The molecule has 0 aliphatic carbocycles. The molecule has 1 heterocycles. The Balaban J connectivity index is 2.26. The summed E-state index contributed by atoms with van der Waals surface area (Å²) >= 11 is 0. The number of nitrogens with zero attached hydrogens (tertiary/aromatic N) is 1. The van der Waals surface area contributed by atoms with E-state index in [1.807, 2.05) is 19.1 Å². The molecule has 2 rings (SSSR count). The zero-order valence-corrected chi connectivity index (χ0v) is 12.2. The molecule has 3 heteroatoms. The molecule has 0 radical (unpaired) electrons. The number of hydrogen-bond donors (Lipinski definition) is 1. The first kappa shape index (κ1) is 14.2. The fourth-order valence-electron chi connectivity index (χ4n) is 3.09. The van der Waals surface area contributed by atoms with Gasteiger partial charge in [0.1, 0.15) is 5.75 Å². The largest absolute Gasteiger partial charge is 0.492 e. The number of anilines is 1. The summed E-state index contributed by atoms with van der Waals surface area (Å²) in [6, 6.07) is 8.24. The molecule has 1 aromatic carbocycles. The van der Waals surface area contributed by atoms with E-state index >= 15 is 0 Å². The van der Waals surface area contributed by atoms with E-state index in [4.69, 9.17) is 4.74 Å². The number of rotatable bonds is 4. The van der Waals surface area contributed by atoms with Gasteiger partial charge >= 0.3 is 0 Å². The summed E-state index contributed by atoms with van der Waals surface area (Å²) < 4.78 is 5.75. The lowest BCUT2D eigenvalue weighted by Gasteiger charge is -2.47. The van der Waals surface area contributed by atoms with Crippen molar-refractivity contribution in [2.24, 2.45) is 5.92 Å². The van der Waals surface area contributed by atoms with Gasteiger partial charge in [-0.25, -0.2) is 0 Å².